The lowest BCUT2D eigenvalue weighted by Crippen LogP contribution is -2.46. The lowest BCUT2D eigenvalue weighted by Gasteiger charge is -2.29. The molecule has 1 aromatic rings. The van der Waals surface area contributed by atoms with Crippen molar-refractivity contribution in [1.82, 2.24) is 10.0 Å². The molecule has 1 aliphatic rings. The normalized spacial score (nSPS) is 23.0. The summed E-state index contributed by atoms with van der Waals surface area (Å²) in [5.74, 6) is 0. The van der Waals surface area contributed by atoms with Gasteiger partial charge in [0, 0.05) is 12.1 Å². The van der Waals surface area contributed by atoms with Crippen LogP contribution < -0.4 is 10.0 Å². The van der Waals surface area contributed by atoms with Crippen LogP contribution in [0.3, 0.4) is 0 Å². The smallest absolute Gasteiger partial charge is 0.241 e. The summed E-state index contributed by atoms with van der Waals surface area (Å²) in [7, 11) is -3.48. The zero-order valence-corrected chi connectivity index (χ0v) is 16.0. The predicted molar refractivity (Wildman–Crippen MR) is 95.4 cm³/mol. The first-order valence-electron chi connectivity index (χ1n) is 8.38. The average molecular weight is 339 g/mol. The molecular formula is C18H30N2O2S. The first-order valence-corrected chi connectivity index (χ1v) is 9.86. The number of nitrogens with one attached hydrogen (secondary N) is 2. The van der Waals surface area contributed by atoms with Gasteiger partial charge in [-0.05, 0) is 62.3 Å². The Bertz CT molecular complexity index is 652. The van der Waals surface area contributed by atoms with Gasteiger partial charge in [0.15, 0.2) is 0 Å². The summed E-state index contributed by atoms with van der Waals surface area (Å²) < 4.78 is 28.7. The molecule has 0 saturated carbocycles. The number of hydrogen-bond acceptors (Lipinski definition) is 3. The number of sulfonamides is 1. The van der Waals surface area contributed by atoms with Gasteiger partial charge < -0.3 is 5.32 Å². The number of rotatable bonds is 3. The Kier molecular flexibility index (Phi) is 5.24. The molecule has 2 atom stereocenters. The number of piperidine rings is 1. The minimum Gasteiger partial charge on any atom is -0.314 e. The Hall–Kier alpha value is -0.910. The van der Waals surface area contributed by atoms with Crippen molar-refractivity contribution in [3.63, 3.8) is 0 Å². The molecule has 1 aliphatic heterocycles. The molecule has 0 radical (unpaired) electrons. The fourth-order valence-corrected chi connectivity index (χ4v) is 5.06. The Labute approximate surface area is 141 Å². The van der Waals surface area contributed by atoms with Crippen molar-refractivity contribution in [2.24, 2.45) is 0 Å². The van der Waals surface area contributed by atoms with Crippen LogP contribution >= 0.6 is 0 Å². The van der Waals surface area contributed by atoms with Crippen LogP contribution in [0, 0.1) is 13.8 Å². The summed E-state index contributed by atoms with van der Waals surface area (Å²) in [6.45, 7) is 13.2. The maximum atomic E-state index is 12.9. The molecule has 2 N–H and O–H groups in total. The van der Waals surface area contributed by atoms with Crippen LogP contribution in [0.4, 0.5) is 0 Å². The van der Waals surface area contributed by atoms with Crippen molar-refractivity contribution in [2.45, 2.75) is 76.8 Å². The van der Waals surface area contributed by atoms with Gasteiger partial charge in [0.2, 0.25) is 10.0 Å². The second-order valence-corrected chi connectivity index (χ2v) is 9.54. The van der Waals surface area contributed by atoms with Gasteiger partial charge in [0.25, 0.3) is 0 Å². The third kappa shape index (κ3) is 4.34. The van der Waals surface area contributed by atoms with Gasteiger partial charge in [0.05, 0.1) is 4.90 Å². The molecule has 0 amide bonds. The van der Waals surface area contributed by atoms with E-state index in [4.69, 9.17) is 0 Å². The molecule has 1 fully saturated rings. The first kappa shape index (κ1) is 18.4. The van der Waals surface area contributed by atoms with E-state index in [0.717, 1.165) is 30.5 Å². The standard InChI is InChI=1S/C18H30N2O2S/c1-12-9-15(18(4,5)6)10-13(2)17(12)23(21,22)20-16-7-8-19-14(3)11-16/h9-10,14,16,19-20H,7-8,11H2,1-6H3. The Morgan fingerprint density at radius 3 is 2.22 bits per heavy atom. The molecule has 0 bridgehead atoms. The summed E-state index contributed by atoms with van der Waals surface area (Å²) in [4.78, 5) is 0.441. The van der Waals surface area contributed by atoms with Crippen LogP contribution in [0.5, 0.6) is 0 Å². The van der Waals surface area contributed by atoms with E-state index >= 15 is 0 Å². The monoisotopic (exact) mass is 338 g/mol. The topological polar surface area (TPSA) is 58.2 Å². The average Bonchev–Trinajstić information content (AvgIpc) is 2.35. The van der Waals surface area contributed by atoms with Gasteiger partial charge in [-0.1, -0.05) is 32.9 Å². The van der Waals surface area contributed by atoms with E-state index in [1.165, 1.54) is 5.56 Å². The highest BCUT2D eigenvalue weighted by Gasteiger charge is 2.27. The van der Waals surface area contributed by atoms with E-state index in [0.29, 0.717) is 10.9 Å². The molecule has 1 aromatic carbocycles. The molecular weight excluding hydrogens is 308 g/mol. The van der Waals surface area contributed by atoms with Crippen LogP contribution in [0.2, 0.25) is 0 Å². The summed E-state index contributed by atoms with van der Waals surface area (Å²) in [6, 6.07) is 4.37. The van der Waals surface area contributed by atoms with Crippen molar-refractivity contribution in [3.05, 3.63) is 28.8 Å². The molecule has 0 spiro atoms. The lowest BCUT2D eigenvalue weighted by atomic mass is 9.85. The molecule has 23 heavy (non-hydrogen) atoms. The third-order valence-corrected chi connectivity index (χ3v) is 6.37. The van der Waals surface area contributed by atoms with Crippen LogP contribution in [0.25, 0.3) is 0 Å². The quantitative estimate of drug-likeness (QED) is 0.891. The fourth-order valence-electron chi connectivity index (χ4n) is 3.32. The van der Waals surface area contributed by atoms with E-state index in [1.807, 2.05) is 26.0 Å². The molecule has 2 unspecified atom stereocenters. The van der Waals surface area contributed by atoms with E-state index in [2.05, 4.69) is 37.7 Å². The lowest BCUT2D eigenvalue weighted by molar-refractivity contribution is 0.361. The molecule has 1 heterocycles. The predicted octanol–water partition coefficient (Wildman–Crippen LogP) is 3.02. The van der Waals surface area contributed by atoms with Crippen LogP contribution in [0.1, 0.15) is 57.2 Å². The van der Waals surface area contributed by atoms with Crippen LogP contribution in [-0.2, 0) is 15.4 Å². The highest BCUT2D eigenvalue weighted by Crippen LogP contribution is 2.29. The van der Waals surface area contributed by atoms with Crippen molar-refractivity contribution < 1.29 is 8.42 Å². The number of aryl methyl sites for hydroxylation is 2. The molecule has 0 aromatic heterocycles. The molecule has 0 aliphatic carbocycles. The van der Waals surface area contributed by atoms with Crippen molar-refractivity contribution in [2.75, 3.05) is 6.54 Å². The van der Waals surface area contributed by atoms with E-state index in [9.17, 15) is 8.42 Å². The van der Waals surface area contributed by atoms with Gasteiger partial charge >= 0.3 is 0 Å². The van der Waals surface area contributed by atoms with Gasteiger partial charge in [-0.2, -0.15) is 0 Å². The minimum absolute atomic E-state index is 0.00963. The second kappa shape index (κ2) is 6.54. The molecule has 130 valence electrons. The zero-order valence-electron chi connectivity index (χ0n) is 15.2. The SMILES string of the molecule is Cc1cc(C(C)(C)C)cc(C)c1S(=O)(=O)NC1CCNC(C)C1. The Morgan fingerprint density at radius 2 is 1.74 bits per heavy atom. The highest BCUT2D eigenvalue weighted by atomic mass is 32.2. The molecule has 1 saturated heterocycles. The number of hydrogen-bond donors (Lipinski definition) is 2. The van der Waals surface area contributed by atoms with E-state index < -0.39 is 10.0 Å². The molecule has 5 heteroatoms. The second-order valence-electron chi connectivity index (χ2n) is 7.89. The van der Waals surface area contributed by atoms with Crippen LogP contribution in [0.15, 0.2) is 17.0 Å². The van der Waals surface area contributed by atoms with Crippen molar-refractivity contribution in [3.8, 4) is 0 Å². The van der Waals surface area contributed by atoms with E-state index in [1.54, 1.807) is 0 Å². The zero-order chi connectivity index (χ0) is 17.4. The Morgan fingerprint density at radius 1 is 1.17 bits per heavy atom. The summed E-state index contributed by atoms with van der Waals surface area (Å²) in [6.07, 6.45) is 1.67. The van der Waals surface area contributed by atoms with Gasteiger partial charge in [0.1, 0.15) is 0 Å². The van der Waals surface area contributed by atoms with E-state index in [-0.39, 0.29) is 11.5 Å². The highest BCUT2D eigenvalue weighted by molar-refractivity contribution is 7.89. The van der Waals surface area contributed by atoms with Gasteiger partial charge in [-0.15, -0.1) is 0 Å². The van der Waals surface area contributed by atoms with Gasteiger partial charge in [-0.3, -0.25) is 0 Å². The largest absolute Gasteiger partial charge is 0.314 e. The van der Waals surface area contributed by atoms with Gasteiger partial charge in [-0.25, -0.2) is 13.1 Å². The fraction of sp³-hybridized carbons (Fsp3) is 0.667. The third-order valence-electron chi connectivity index (χ3n) is 4.54. The van der Waals surface area contributed by atoms with Crippen LogP contribution in [-0.4, -0.2) is 27.0 Å². The maximum absolute atomic E-state index is 12.9. The first-order chi connectivity index (χ1) is 10.5. The summed E-state index contributed by atoms with van der Waals surface area (Å²) in [5, 5.41) is 3.35. The molecule has 2 rings (SSSR count). The summed E-state index contributed by atoms with van der Waals surface area (Å²) >= 11 is 0. The summed E-state index contributed by atoms with van der Waals surface area (Å²) in [5.41, 5.74) is 2.83. The molecule has 4 nitrogen and oxygen atoms in total. The van der Waals surface area contributed by atoms with Crippen molar-refractivity contribution >= 4 is 10.0 Å². The Balaban J connectivity index is 2.33. The maximum Gasteiger partial charge on any atom is 0.241 e. The number of benzene rings is 1. The van der Waals surface area contributed by atoms with Crippen molar-refractivity contribution in [1.29, 1.82) is 0 Å². The minimum atomic E-state index is -3.48.